The van der Waals surface area contributed by atoms with Gasteiger partial charge >= 0.3 is 0 Å². The minimum absolute atomic E-state index is 0.210. The molecule has 1 aliphatic heterocycles. The fraction of sp³-hybridized carbons (Fsp3) is 0.150. The Morgan fingerprint density at radius 2 is 1.68 bits per heavy atom. The van der Waals surface area contributed by atoms with Crippen LogP contribution in [0, 0.1) is 6.92 Å². The van der Waals surface area contributed by atoms with E-state index < -0.39 is 0 Å². The largest absolute Gasteiger partial charge is 0.454 e. The molecule has 2 N–H and O–H groups in total. The molecule has 1 aromatic heterocycles. The van der Waals surface area contributed by atoms with E-state index in [9.17, 15) is 9.59 Å². The molecule has 0 bridgehead atoms. The summed E-state index contributed by atoms with van der Waals surface area (Å²) in [6.07, 6.45) is 0. The molecule has 28 heavy (non-hydrogen) atoms. The maximum atomic E-state index is 12.3. The van der Waals surface area contributed by atoms with Gasteiger partial charge in [-0.1, -0.05) is 11.2 Å². The molecule has 4 rings (SSSR count). The summed E-state index contributed by atoms with van der Waals surface area (Å²) in [4.78, 5) is 24.5. The fourth-order valence-electron chi connectivity index (χ4n) is 2.72. The summed E-state index contributed by atoms with van der Waals surface area (Å²) in [6, 6.07) is 13.5. The minimum atomic E-state index is -0.333. The third kappa shape index (κ3) is 3.80. The highest BCUT2D eigenvalue weighted by Crippen LogP contribution is 2.32. The number of hydrogen-bond donors (Lipinski definition) is 2. The molecule has 2 heterocycles. The molecule has 1 aliphatic rings. The fourth-order valence-corrected chi connectivity index (χ4v) is 2.72. The van der Waals surface area contributed by atoms with Gasteiger partial charge in [0.25, 0.3) is 11.8 Å². The summed E-state index contributed by atoms with van der Waals surface area (Å²) in [5.74, 6) is 1.74. The lowest BCUT2D eigenvalue weighted by molar-refractivity contribution is 0.0949. The van der Waals surface area contributed by atoms with Crippen LogP contribution in [0.5, 0.6) is 11.5 Å². The van der Waals surface area contributed by atoms with Crippen LogP contribution in [0.4, 0.5) is 5.82 Å². The van der Waals surface area contributed by atoms with Crippen LogP contribution in [0.2, 0.25) is 0 Å². The number of aryl methyl sites for hydroxylation is 1. The number of benzene rings is 2. The van der Waals surface area contributed by atoms with E-state index in [2.05, 4.69) is 15.8 Å². The zero-order valence-corrected chi connectivity index (χ0v) is 15.0. The summed E-state index contributed by atoms with van der Waals surface area (Å²) in [5.41, 5.74) is 1.76. The molecule has 0 saturated heterocycles. The zero-order chi connectivity index (χ0) is 19.5. The highest BCUT2D eigenvalue weighted by Gasteiger charge is 2.14. The molecule has 0 unspecified atom stereocenters. The predicted octanol–water partition coefficient (Wildman–Crippen LogP) is 2.89. The molecule has 2 aromatic carbocycles. The minimum Gasteiger partial charge on any atom is -0.454 e. The number of carbonyl (C=O) groups is 2. The van der Waals surface area contributed by atoms with Gasteiger partial charge in [-0.25, -0.2) is 0 Å². The van der Waals surface area contributed by atoms with Gasteiger partial charge in [-0.2, -0.15) is 0 Å². The Labute approximate surface area is 160 Å². The van der Waals surface area contributed by atoms with Gasteiger partial charge in [0, 0.05) is 23.7 Å². The van der Waals surface area contributed by atoms with Gasteiger partial charge in [0.2, 0.25) is 6.79 Å². The van der Waals surface area contributed by atoms with Gasteiger partial charge in [-0.15, -0.1) is 0 Å². The van der Waals surface area contributed by atoms with Crippen molar-refractivity contribution in [2.45, 2.75) is 13.5 Å². The molecule has 0 atom stereocenters. The summed E-state index contributed by atoms with van der Waals surface area (Å²) in [6.45, 7) is 2.30. The Hall–Kier alpha value is -3.81. The second kappa shape index (κ2) is 7.43. The molecule has 0 aliphatic carbocycles. The van der Waals surface area contributed by atoms with E-state index >= 15 is 0 Å². The van der Waals surface area contributed by atoms with Crippen molar-refractivity contribution in [1.29, 1.82) is 0 Å². The molecule has 0 spiro atoms. The first-order valence-electron chi connectivity index (χ1n) is 8.60. The van der Waals surface area contributed by atoms with Crippen molar-refractivity contribution in [1.82, 2.24) is 10.5 Å². The Kier molecular flexibility index (Phi) is 4.67. The number of carbonyl (C=O) groups excluding carboxylic acids is 2. The van der Waals surface area contributed by atoms with Crippen LogP contribution < -0.4 is 20.1 Å². The third-order valence-electron chi connectivity index (χ3n) is 4.17. The van der Waals surface area contributed by atoms with E-state index in [0.717, 1.165) is 5.56 Å². The van der Waals surface area contributed by atoms with Gasteiger partial charge in [-0.3, -0.25) is 9.59 Å². The number of rotatable bonds is 5. The van der Waals surface area contributed by atoms with E-state index in [0.29, 0.717) is 40.7 Å². The molecule has 8 nitrogen and oxygen atoms in total. The second-order valence-electron chi connectivity index (χ2n) is 6.22. The van der Waals surface area contributed by atoms with Crippen LogP contribution in [-0.2, 0) is 6.54 Å². The summed E-state index contributed by atoms with van der Waals surface area (Å²) >= 11 is 0. The summed E-state index contributed by atoms with van der Waals surface area (Å²) in [7, 11) is 0. The molecule has 0 fully saturated rings. The van der Waals surface area contributed by atoms with E-state index in [1.807, 2.05) is 18.2 Å². The SMILES string of the molecule is Cc1cc(NC(=O)c2ccc(C(=O)NCc3ccc4c(c3)OCO4)cc2)no1. The second-order valence-corrected chi connectivity index (χ2v) is 6.22. The van der Waals surface area contributed by atoms with Crippen LogP contribution >= 0.6 is 0 Å². The van der Waals surface area contributed by atoms with Crippen molar-refractivity contribution >= 4 is 17.6 Å². The Morgan fingerprint density at radius 3 is 2.39 bits per heavy atom. The third-order valence-corrected chi connectivity index (χ3v) is 4.17. The molecule has 8 heteroatoms. The summed E-state index contributed by atoms with van der Waals surface area (Å²) in [5, 5.41) is 9.18. The van der Waals surface area contributed by atoms with E-state index in [1.165, 1.54) is 0 Å². The monoisotopic (exact) mass is 379 g/mol. The number of fused-ring (bicyclic) bond motifs is 1. The normalized spacial score (nSPS) is 11.9. The van der Waals surface area contributed by atoms with Gasteiger partial charge in [0.15, 0.2) is 17.3 Å². The van der Waals surface area contributed by atoms with Crippen molar-refractivity contribution < 1.29 is 23.6 Å². The number of nitrogens with one attached hydrogen (secondary N) is 2. The zero-order valence-electron chi connectivity index (χ0n) is 15.0. The van der Waals surface area contributed by atoms with Crippen molar-refractivity contribution in [3.05, 3.63) is 71.0 Å². The predicted molar refractivity (Wildman–Crippen MR) is 99.4 cm³/mol. The average Bonchev–Trinajstić information content (AvgIpc) is 3.34. The summed E-state index contributed by atoms with van der Waals surface area (Å²) < 4.78 is 15.5. The lowest BCUT2D eigenvalue weighted by atomic mass is 10.1. The highest BCUT2D eigenvalue weighted by molar-refractivity contribution is 6.04. The Bertz CT molecular complexity index is 1030. The molecule has 142 valence electrons. The van der Waals surface area contributed by atoms with E-state index in [1.54, 1.807) is 37.3 Å². The lowest BCUT2D eigenvalue weighted by Crippen LogP contribution is -2.23. The first kappa shape index (κ1) is 17.6. The number of anilines is 1. The van der Waals surface area contributed by atoms with Crippen molar-refractivity contribution in [2.24, 2.45) is 0 Å². The van der Waals surface area contributed by atoms with Crippen LogP contribution in [0.3, 0.4) is 0 Å². The van der Waals surface area contributed by atoms with E-state index in [4.69, 9.17) is 14.0 Å². The first-order valence-corrected chi connectivity index (χ1v) is 8.60. The standard InChI is InChI=1S/C20H17N3O5/c1-12-8-18(23-28-12)22-20(25)15-5-3-14(4-6-15)19(24)21-10-13-2-7-16-17(9-13)27-11-26-16/h2-9H,10-11H2,1H3,(H,21,24)(H,22,23,25). The number of amides is 2. The highest BCUT2D eigenvalue weighted by atomic mass is 16.7. The Balaban J connectivity index is 1.35. The Morgan fingerprint density at radius 1 is 0.964 bits per heavy atom. The number of ether oxygens (including phenoxy) is 2. The van der Waals surface area contributed by atoms with Gasteiger partial charge < -0.3 is 24.6 Å². The maximum absolute atomic E-state index is 12.3. The van der Waals surface area contributed by atoms with Crippen molar-refractivity contribution in [2.75, 3.05) is 12.1 Å². The molecule has 3 aromatic rings. The molecule has 0 radical (unpaired) electrons. The van der Waals surface area contributed by atoms with E-state index in [-0.39, 0.29) is 18.6 Å². The quantitative estimate of drug-likeness (QED) is 0.707. The van der Waals surface area contributed by atoms with Gasteiger partial charge in [-0.05, 0) is 48.9 Å². The number of nitrogens with zero attached hydrogens (tertiary/aromatic N) is 1. The first-order chi connectivity index (χ1) is 13.6. The molecule has 0 saturated carbocycles. The van der Waals surface area contributed by atoms with Crippen LogP contribution in [0.25, 0.3) is 0 Å². The van der Waals surface area contributed by atoms with Crippen LogP contribution in [-0.4, -0.2) is 23.8 Å². The van der Waals surface area contributed by atoms with Crippen LogP contribution in [0.15, 0.2) is 53.1 Å². The number of aromatic nitrogens is 1. The average molecular weight is 379 g/mol. The molecular formula is C20H17N3O5. The van der Waals surface area contributed by atoms with Gasteiger partial charge in [0.05, 0.1) is 0 Å². The smallest absolute Gasteiger partial charge is 0.256 e. The topological polar surface area (TPSA) is 103 Å². The van der Waals surface area contributed by atoms with Gasteiger partial charge in [0.1, 0.15) is 5.76 Å². The molecular weight excluding hydrogens is 362 g/mol. The lowest BCUT2D eigenvalue weighted by Gasteiger charge is -2.07. The maximum Gasteiger partial charge on any atom is 0.256 e. The van der Waals surface area contributed by atoms with Crippen molar-refractivity contribution in [3.8, 4) is 11.5 Å². The van der Waals surface area contributed by atoms with Crippen LogP contribution in [0.1, 0.15) is 32.0 Å². The van der Waals surface area contributed by atoms with Crippen molar-refractivity contribution in [3.63, 3.8) is 0 Å². The molecule has 2 amide bonds. The number of hydrogen-bond acceptors (Lipinski definition) is 6.